The molecule has 0 aliphatic carbocycles. The first-order chi connectivity index (χ1) is 9.38. The molecule has 0 aliphatic heterocycles. The van der Waals surface area contributed by atoms with E-state index < -0.39 is 11.7 Å². The highest BCUT2D eigenvalue weighted by Gasteiger charge is 2.29. The Balaban J connectivity index is 2.13. The zero-order valence-corrected chi connectivity index (χ0v) is 11.5. The Kier molecular flexibility index (Phi) is 4.23. The molecule has 2 rings (SSSR count). The number of hydrogen-bond acceptors (Lipinski definition) is 1. The molecule has 106 valence electrons. The van der Waals surface area contributed by atoms with E-state index in [1.807, 2.05) is 25.1 Å². The van der Waals surface area contributed by atoms with Gasteiger partial charge in [0, 0.05) is 16.8 Å². The quantitative estimate of drug-likeness (QED) is 0.785. The zero-order chi connectivity index (χ0) is 14.8. The molecular formula is C15H13ClF3N. The monoisotopic (exact) mass is 299 g/mol. The van der Waals surface area contributed by atoms with Crippen molar-refractivity contribution in [3.63, 3.8) is 0 Å². The van der Waals surface area contributed by atoms with Gasteiger partial charge in [-0.05, 0) is 42.8 Å². The second kappa shape index (κ2) is 5.75. The highest BCUT2D eigenvalue weighted by molar-refractivity contribution is 6.31. The molecule has 0 bridgehead atoms. The molecule has 20 heavy (non-hydrogen) atoms. The highest BCUT2D eigenvalue weighted by atomic mass is 35.5. The number of anilines is 1. The molecule has 0 heterocycles. The summed E-state index contributed by atoms with van der Waals surface area (Å²) in [6.45, 7) is 1.90. The molecule has 0 saturated carbocycles. The zero-order valence-electron chi connectivity index (χ0n) is 10.7. The normalized spacial score (nSPS) is 13.1. The van der Waals surface area contributed by atoms with Crippen molar-refractivity contribution in [1.82, 2.24) is 0 Å². The molecule has 0 radical (unpaired) electrons. The van der Waals surface area contributed by atoms with Gasteiger partial charge < -0.3 is 5.32 Å². The number of alkyl halides is 3. The molecule has 0 spiro atoms. The molecule has 1 N–H and O–H groups in total. The molecule has 2 aromatic carbocycles. The van der Waals surface area contributed by atoms with E-state index in [0.717, 1.165) is 17.7 Å². The van der Waals surface area contributed by atoms with Crippen LogP contribution in [-0.2, 0) is 6.18 Å². The average Bonchev–Trinajstić information content (AvgIpc) is 2.38. The van der Waals surface area contributed by atoms with E-state index in [1.165, 1.54) is 12.1 Å². The van der Waals surface area contributed by atoms with Crippen LogP contribution in [0.3, 0.4) is 0 Å². The van der Waals surface area contributed by atoms with E-state index >= 15 is 0 Å². The maximum Gasteiger partial charge on any atom is 0.416 e. The Morgan fingerprint density at radius 3 is 2.15 bits per heavy atom. The summed E-state index contributed by atoms with van der Waals surface area (Å²) in [5.74, 6) is 0. The minimum atomic E-state index is -4.31. The fourth-order valence-electron chi connectivity index (χ4n) is 1.91. The van der Waals surface area contributed by atoms with Gasteiger partial charge in [-0.3, -0.25) is 0 Å². The molecule has 0 fully saturated rings. The molecule has 0 aromatic heterocycles. The smallest absolute Gasteiger partial charge is 0.378 e. The van der Waals surface area contributed by atoms with Gasteiger partial charge in [0.25, 0.3) is 0 Å². The van der Waals surface area contributed by atoms with E-state index in [4.69, 9.17) is 11.6 Å². The lowest BCUT2D eigenvalue weighted by Gasteiger charge is -2.17. The summed E-state index contributed by atoms with van der Waals surface area (Å²) in [5.41, 5.74) is 0.855. The second-order valence-corrected chi connectivity index (χ2v) is 4.87. The Labute approximate surface area is 120 Å². The highest BCUT2D eigenvalue weighted by Crippen LogP contribution is 2.31. The van der Waals surface area contributed by atoms with Crippen LogP contribution in [0, 0.1) is 0 Å². The lowest BCUT2D eigenvalue weighted by atomic mass is 10.1. The largest absolute Gasteiger partial charge is 0.416 e. The molecule has 0 aliphatic rings. The lowest BCUT2D eigenvalue weighted by molar-refractivity contribution is -0.137. The molecular weight excluding hydrogens is 287 g/mol. The number of halogens is 4. The number of benzene rings is 2. The first kappa shape index (κ1) is 14.7. The molecule has 0 saturated heterocycles. The van der Waals surface area contributed by atoms with Gasteiger partial charge in [-0.25, -0.2) is 0 Å². The Morgan fingerprint density at radius 1 is 1.00 bits per heavy atom. The molecule has 0 amide bonds. The van der Waals surface area contributed by atoms with Crippen molar-refractivity contribution in [3.8, 4) is 0 Å². The first-order valence-corrected chi connectivity index (χ1v) is 6.44. The Morgan fingerprint density at radius 2 is 1.60 bits per heavy atom. The van der Waals surface area contributed by atoms with Crippen LogP contribution in [0.4, 0.5) is 18.9 Å². The third kappa shape index (κ3) is 3.45. The maximum atomic E-state index is 12.5. The predicted molar refractivity (Wildman–Crippen MR) is 74.9 cm³/mol. The first-order valence-electron chi connectivity index (χ1n) is 6.06. The van der Waals surface area contributed by atoms with Crippen LogP contribution in [0.1, 0.15) is 24.1 Å². The summed E-state index contributed by atoms with van der Waals surface area (Å²) >= 11 is 6.08. The average molecular weight is 300 g/mol. The van der Waals surface area contributed by atoms with E-state index in [2.05, 4.69) is 5.32 Å². The van der Waals surface area contributed by atoms with E-state index in [1.54, 1.807) is 6.07 Å². The van der Waals surface area contributed by atoms with E-state index in [9.17, 15) is 13.2 Å². The lowest BCUT2D eigenvalue weighted by Crippen LogP contribution is -2.08. The predicted octanol–water partition coefficient (Wildman–Crippen LogP) is 5.53. The van der Waals surface area contributed by atoms with Crippen molar-refractivity contribution in [2.75, 3.05) is 5.32 Å². The SMILES string of the molecule is CC(Nc1ccc(C(F)(F)F)cc1)c1ccccc1Cl. The van der Waals surface area contributed by atoms with Gasteiger partial charge in [0.2, 0.25) is 0 Å². The molecule has 1 unspecified atom stereocenters. The fourth-order valence-corrected chi connectivity index (χ4v) is 2.21. The number of rotatable bonds is 3. The molecule has 2 aromatic rings. The summed E-state index contributed by atoms with van der Waals surface area (Å²) in [6.07, 6.45) is -4.31. The second-order valence-electron chi connectivity index (χ2n) is 4.46. The van der Waals surface area contributed by atoms with E-state index in [-0.39, 0.29) is 6.04 Å². The van der Waals surface area contributed by atoms with Crippen molar-refractivity contribution >= 4 is 17.3 Å². The number of nitrogens with one attached hydrogen (secondary N) is 1. The fraction of sp³-hybridized carbons (Fsp3) is 0.200. The van der Waals surface area contributed by atoms with Gasteiger partial charge in [0.15, 0.2) is 0 Å². The number of hydrogen-bond donors (Lipinski definition) is 1. The minimum Gasteiger partial charge on any atom is -0.378 e. The van der Waals surface area contributed by atoms with Gasteiger partial charge in [-0.15, -0.1) is 0 Å². The van der Waals surface area contributed by atoms with Crippen molar-refractivity contribution in [2.24, 2.45) is 0 Å². The van der Waals surface area contributed by atoms with Crippen molar-refractivity contribution < 1.29 is 13.2 Å². The summed E-state index contributed by atoms with van der Waals surface area (Å²) in [7, 11) is 0. The van der Waals surface area contributed by atoms with Gasteiger partial charge in [-0.1, -0.05) is 29.8 Å². The van der Waals surface area contributed by atoms with Gasteiger partial charge in [-0.2, -0.15) is 13.2 Å². The van der Waals surface area contributed by atoms with Crippen LogP contribution in [0.2, 0.25) is 5.02 Å². The summed E-state index contributed by atoms with van der Waals surface area (Å²) in [4.78, 5) is 0. The van der Waals surface area contributed by atoms with Crippen LogP contribution in [0.25, 0.3) is 0 Å². The molecule has 5 heteroatoms. The summed E-state index contributed by atoms with van der Waals surface area (Å²) in [5, 5.41) is 3.75. The van der Waals surface area contributed by atoms with Crippen LogP contribution in [-0.4, -0.2) is 0 Å². The topological polar surface area (TPSA) is 12.0 Å². The maximum absolute atomic E-state index is 12.5. The van der Waals surface area contributed by atoms with Crippen LogP contribution < -0.4 is 5.32 Å². The summed E-state index contributed by atoms with van der Waals surface area (Å²) in [6, 6.07) is 12.2. The summed E-state index contributed by atoms with van der Waals surface area (Å²) < 4.78 is 37.4. The Hall–Kier alpha value is -1.68. The van der Waals surface area contributed by atoms with Gasteiger partial charge in [0.1, 0.15) is 0 Å². The Bertz CT molecular complexity index is 578. The third-order valence-corrected chi connectivity index (χ3v) is 3.31. The van der Waals surface area contributed by atoms with Gasteiger partial charge >= 0.3 is 6.18 Å². The standard InChI is InChI=1S/C15H13ClF3N/c1-10(13-4-2-3-5-14(13)16)20-12-8-6-11(7-9-12)15(17,18)19/h2-10,20H,1H3. The molecule has 1 atom stereocenters. The van der Waals surface area contributed by atoms with E-state index in [0.29, 0.717) is 10.7 Å². The van der Waals surface area contributed by atoms with Gasteiger partial charge in [0.05, 0.1) is 5.56 Å². The van der Waals surface area contributed by atoms with Crippen LogP contribution in [0.15, 0.2) is 48.5 Å². The van der Waals surface area contributed by atoms with Crippen molar-refractivity contribution in [2.45, 2.75) is 19.1 Å². The van der Waals surface area contributed by atoms with Crippen molar-refractivity contribution in [3.05, 3.63) is 64.7 Å². The molecule has 1 nitrogen and oxygen atoms in total. The van der Waals surface area contributed by atoms with Crippen LogP contribution >= 0.6 is 11.6 Å². The third-order valence-electron chi connectivity index (χ3n) is 2.97. The van der Waals surface area contributed by atoms with Crippen LogP contribution in [0.5, 0.6) is 0 Å². The van der Waals surface area contributed by atoms with Crippen molar-refractivity contribution in [1.29, 1.82) is 0 Å². The minimum absolute atomic E-state index is 0.0968.